The number of rotatable bonds is 0. The van der Waals surface area contributed by atoms with E-state index in [1.54, 1.807) is 11.9 Å². The molecule has 3 nitrogen and oxygen atoms in total. The predicted octanol–water partition coefficient (Wildman–Crippen LogP) is 2.33. The third kappa shape index (κ3) is 1.92. The minimum atomic E-state index is -0.588. The Labute approximate surface area is 112 Å². The third-order valence-electron chi connectivity index (χ3n) is 3.65. The van der Waals surface area contributed by atoms with Gasteiger partial charge in [0.15, 0.2) is 0 Å². The molecule has 3 heteroatoms. The van der Waals surface area contributed by atoms with Crippen molar-refractivity contribution in [1.29, 1.82) is 0 Å². The van der Waals surface area contributed by atoms with Crippen molar-refractivity contribution in [2.24, 2.45) is 5.73 Å². The lowest BCUT2D eigenvalue weighted by Gasteiger charge is -2.27. The van der Waals surface area contributed by atoms with Gasteiger partial charge in [0.1, 0.15) is 6.04 Å². The molecule has 1 aliphatic heterocycles. The van der Waals surface area contributed by atoms with Crippen molar-refractivity contribution in [2.75, 3.05) is 7.05 Å². The molecule has 0 aliphatic carbocycles. The van der Waals surface area contributed by atoms with Crippen LogP contribution in [0.3, 0.4) is 0 Å². The fourth-order valence-electron chi connectivity index (χ4n) is 2.64. The summed E-state index contributed by atoms with van der Waals surface area (Å²) in [4.78, 5) is 14.0. The Kier molecular flexibility index (Phi) is 2.84. The van der Waals surface area contributed by atoms with E-state index >= 15 is 0 Å². The predicted molar refractivity (Wildman–Crippen MR) is 75.3 cm³/mol. The zero-order valence-electron chi connectivity index (χ0n) is 10.8. The van der Waals surface area contributed by atoms with E-state index in [1.165, 1.54) is 0 Å². The molecular weight excluding hydrogens is 236 g/mol. The highest BCUT2D eigenvalue weighted by Crippen LogP contribution is 2.33. The largest absolute Gasteiger partial charge is 0.340 e. The zero-order chi connectivity index (χ0) is 13.4. The van der Waals surface area contributed by atoms with Crippen LogP contribution in [0.1, 0.15) is 17.2 Å². The second-order valence-electron chi connectivity index (χ2n) is 4.92. The summed E-state index contributed by atoms with van der Waals surface area (Å²) in [5.41, 5.74) is 10.4. The molecule has 3 rings (SSSR count). The van der Waals surface area contributed by atoms with Gasteiger partial charge in [-0.15, -0.1) is 0 Å². The standard InChI is InChI=1S/C16H16N2O/c1-18-10-11-6-2-3-7-12(11)13-8-4-5-9-14(13)15(17)16(18)19/h2-9,15H,10,17H2,1H3. The van der Waals surface area contributed by atoms with E-state index in [4.69, 9.17) is 5.73 Å². The van der Waals surface area contributed by atoms with Gasteiger partial charge in [-0.1, -0.05) is 48.5 Å². The first-order valence-corrected chi connectivity index (χ1v) is 6.36. The van der Waals surface area contributed by atoms with Crippen LogP contribution in [0.15, 0.2) is 48.5 Å². The van der Waals surface area contributed by atoms with Crippen molar-refractivity contribution in [3.8, 4) is 11.1 Å². The Morgan fingerprint density at radius 3 is 2.47 bits per heavy atom. The fourth-order valence-corrected chi connectivity index (χ4v) is 2.64. The molecule has 1 amide bonds. The van der Waals surface area contributed by atoms with Crippen LogP contribution in [-0.4, -0.2) is 17.9 Å². The van der Waals surface area contributed by atoms with E-state index in [9.17, 15) is 4.79 Å². The molecule has 0 aromatic heterocycles. The highest BCUT2D eigenvalue weighted by Gasteiger charge is 2.26. The SMILES string of the molecule is CN1Cc2ccccc2-c2ccccc2C(N)C1=O. The summed E-state index contributed by atoms with van der Waals surface area (Å²) in [6.45, 7) is 0.594. The van der Waals surface area contributed by atoms with E-state index in [0.717, 1.165) is 22.3 Å². The number of fused-ring (bicyclic) bond motifs is 3. The number of carbonyl (C=O) groups excluding carboxylic acids is 1. The minimum absolute atomic E-state index is 0.0399. The molecule has 2 N–H and O–H groups in total. The Bertz CT molecular complexity index is 636. The maximum absolute atomic E-state index is 12.3. The lowest BCUT2D eigenvalue weighted by molar-refractivity contribution is -0.132. The van der Waals surface area contributed by atoms with Gasteiger partial charge in [0.05, 0.1) is 0 Å². The normalized spacial score (nSPS) is 18.3. The summed E-state index contributed by atoms with van der Waals surface area (Å²) in [5, 5.41) is 0. The van der Waals surface area contributed by atoms with Crippen molar-refractivity contribution >= 4 is 5.91 Å². The smallest absolute Gasteiger partial charge is 0.244 e. The number of amides is 1. The molecule has 0 radical (unpaired) electrons. The number of carbonyl (C=O) groups is 1. The zero-order valence-corrected chi connectivity index (χ0v) is 10.8. The lowest BCUT2D eigenvalue weighted by Crippen LogP contribution is -2.36. The molecule has 0 bridgehead atoms. The van der Waals surface area contributed by atoms with E-state index in [0.29, 0.717) is 6.54 Å². The average Bonchev–Trinajstić information content (AvgIpc) is 2.45. The van der Waals surface area contributed by atoms with Crippen LogP contribution in [0.4, 0.5) is 0 Å². The van der Waals surface area contributed by atoms with Gasteiger partial charge in [0, 0.05) is 13.6 Å². The second kappa shape index (κ2) is 4.52. The fraction of sp³-hybridized carbons (Fsp3) is 0.188. The van der Waals surface area contributed by atoms with Gasteiger partial charge < -0.3 is 10.6 Å². The lowest BCUT2D eigenvalue weighted by atomic mass is 9.90. The van der Waals surface area contributed by atoms with E-state index < -0.39 is 6.04 Å². The first-order valence-electron chi connectivity index (χ1n) is 6.36. The Morgan fingerprint density at radius 2 is 1.68 bits per heavy atom. The summed E-state index contributed by atoms with van der Waals surface area (Å²) in [5.74, 6) is -0.0399. The number of nitrogens with zero attached hydrogens (tertiary/aromatic N) is 1. The number of likely N-dealkylation sites (N-methyl/N-ethyl adjacent to an activating group) is 1. The molecule has 1 atom stereocenters. The number of nitrogens with two attached hydrogens (primary N) is 1. The molecule has 0 saturated heterocycles. The van der Waals surface area contributed by atoms with Crippen LogP contribution in [0.5, 0.6) is 0 Å². The summed E-state index contributed by atoms with van der Waals surface area (Å²) < 4.78 is 0. The van der Waals surface area contributed by atoms with Crippen LogP contribution >= 0.6 is 0 Å². The van der Waals surface area contributed by atoms with Gasteiger partial charge in [-0.25, -0.2) is 0 Å². The Morgan fingerprint density at radius 1 is 1.05 bits per heavy atom. The maximum atomic E-state index is 12.3. The summed E-state index contributed by atoms with van der Waals surface area (Å²) in [7, 11) is 1.80. The Balaban J connectivity index is 2.28. The first kappa shape index (κ1) is 11.9. The number of hydrogen-bond acceptors (Lipinski definition) is 2. The second-order valence-corrected chi connectivity index (χ2v) is 4.92. The molecular formula is C16H16N2O. The van der Waals surface area contributed by atoms with Gasteiger partial charge in [-0.3, -0.25) is 4.79 Å². The molecule has 2 aromatic carbocycles. The molecule has 19 heavy (non-hydrogen) atoms. The Hall–Kier alpha value is -2.13. The molecule has 1 unspecified atom stereocenters. The van der Waals surface area contributed by atoms with Crippen LogP contribution in [-0.2, 0) is 11.3 Å². The van der Waals surface area contributed by atoms with Crippen molar-refractivity contribution in [3.05, 3.63) is 59.7 Å². The van der Waals surface area contributed by atoms with E-state index in [-0.39, 0.29) is 5.91 Å². The molecule has 1 heterocycles. The van der Waals surface area contributed by atoms with Crippen molar-refractivity contribution < 1.29 is 4.79 Å². The van der Waals surface area contributed by atoms with Gasteiger partial charge in [0.2, 0.25) is 5.91 Å². The van der Waals surface area contributed by atoms with Gasteiger partial charge >= 0.3 is 0 Å². The number of hydrogen-bond donors (Lipinski definition) is 1. The van der Waals surface area contributed by atoms with E-state index in [2.05, 4.69) is 12.1 Å². The minimum Gasteiger partial charge on any atom is -0.340 e. The number of benzene rings is 2. The third-order valence-corrected chi connectivity index (χ3v) is 3.65. The van der Waals surface area contributed by atoms with Crippen molar-refractivity contribution in [3.63, 3.8) is 0 Å². The van der Waals surface area contributed by atoms with Crippen molar-refractivity contribution in [2.45, 2.75) is 12.6 Å². The highest BCUT2D eigenvalue weighted by atomic mass is 16.2. The quantitative estimate of drug-likeness (QED) is 0.782. The van der Waals surface area contributed by atoms with Crippen LogP contribution in [0.25, 0.3) is 11.1 Å². The van der Waals surface area contributed by atoms with E-state index in [1.807, 2.05) is 36.4 Å². The van der Waals surface area contributed by atoms with Gasteiger partial charge in [0.25, 0.3) is 0 Å². The van der Waals surface area contributed by atoms with Crippen LogP contribution in [0.2, 0.25) is 0 Å². The van der Waals surface area contributed by atoms with Crippen LogP contribution < -0.4 is 5.73 Å². The topological polar surface area (TPSA) is 46.3 Å². The summed E-state index contributed by atoms with van der Waals surface area (Å²) in [6, 6.07) is 15.5. The molecule has 0 fully saturated rings. The highest BCUT2D eigenvalue weighted by molar-refractivity contribution is 5.87. The summed E-state index contributed by atoms with van der Waals surface area (Å²) >= 11 is 0. The maximum Gasteiger partial charge on any atom is 0.244 e. The molecule has 96 valence electrons. The van der Waals surface area contributed by atoms with Gasteiger partial charge in [-0.05, 0) is 22.3 Å². The first-order chi connectivity index (χ1) is 9.18. The average molecular weight is 252 g/mol. The van der Waals surface area contributed by atoms with Crippen LogP contribution in [0, 0.1) is 0 Å². The van der Waals surface area contributed by atoms with Gasteiger partial charge in [-0.2, -0.15) is 0 Å². The molecule has 2 aromatic rings. The monoisotopic (exact) mass is 252 g/mol. The summed E-state index contributed by atoms with van der Waals surface area (Å²) in [6.07, 6.45) is 0. The van der Waals surface area contributed by atoms with Crippen molar-refractivity contribution in [1.82, 2.24) is 4.90 Å². The molecule has 0 saturated carbocycles. The molecule has 1 aliphatic rings. The molecule has 0 spiro atoms.